The minimum Gasteiger partial charge on any atom is -0.442 e. The van der Waals surface area contributed by atoms with Crippen molar-refractivity contribution in [3.63, 3.8) is 0 Å². The van der Waals surface area contributed by atoms with Gasteiger partial charge >= 0.3 is 6.09 Å². The quantitative estimate of drug-likeness (QED) is 0.689. The van der Waals surface area contributed by atoms with E-state index in [1.165, 1.54) is 4.90 Å². The molecule has 3 N–H and O–H groups in total. The molecule has 1 rings (SSSR count). The molecule has 0 radical (unpaired) electrons. The molecule has 22 heavy (non-hydrogen) atoms. The van der Waals surface area contributed by atoms with E-state index in [-0.39, 0.29) is 12.5 Å². The van der Waals surface area contributed by atoms with Gasteiger partial charge in [-0.25, -0.2) is 4.79 Å². The monoisotopic (exact) mass is 314 g/mol. The standard InChI is InChI=1S/C14H26N4O4/c1-14(2,9-17(3)4)22-13(21)16-8-11(19)18-7-5-6-10(18)12(15)20/h10H,5-9H2,1-4H3,(H2,15,20)(H,16,21)/t10-/m0/s1. The lowest BCUT2D eigenvalue weighted by atomic mass is 10.1. The molecule has 0 aromatic rings. The fourth-order valence-electron chi connectivity index (χ4n) is 2.69. The molecule has 126 valence electrons. The van der Waals surface area contributed by atoms with Gasteiger partial charge in [-0.3, -0.25) is 9.59 Å². The molecule has 1 saturated heterocycles. The Hall–Kier alpha value is -1.83. The van der Waals surface area contributed by atoms with Gasteiger partial charge in [0.2, 0.25) is 11.8 Å². The van der Waals surface area contributed by atoms with Gasteiger partial charge in [0.15, 0.2) is 0 Å². The van der Waals surface area contributed by atoms with Crippen LogP contribution in [0.3, 0.4) is 0 Å². The van der Waals surface area contributed by atoms with Gasteiger partial charge in [0.1, 0.15) is 18.2 Å². The second-order valence-electron chi connectivity index (χ2n) is 6.39. The van der Waals surface area contributed by atoms with Gasteiger partial charge in [0.05, 0.1) is 0 Å². The average Bonchev–Trinajstić information content (AvgIpc) is 2.82. The SMILES string of the molecule is CN(C)CC(C)(C)OC(=O)NCC(=O)N1CCC[C@H]1C(N)=O. The summed E-state index contributed by atoms with van der Waals surface area (Å²) in [6.07, 6.45) is 0.649. The van der Waals surface area contributed by atoms with Gasteiger partial charge in [0.25, 0.3) is 0 Å². The van der Waals surface area contributed by atoms with Crippen molar-refractivity contribution in [1.29, 1.82) is 0 Å². The summed E-state index contributed by atoms with van der Waals surface area (Å²) in [5.41, 5.74) is 4.60. The predicted molar refractivity (Wildman–Crippen MR) is 81.0 cm³/mol. The Balaban J connectivity index is 2.43. The molecule has 3 amide bonds. The van der Waals surface area contributed by atoms with Crippen LogP contribution in [0.25, 0.3) is 0 Å². The van der Waals surface area contributed by atoms with Crippen LogP contribution in [0, 0.1) is 0 Å². The van der Waals surface area contributed by atoms with Crippen molar-refractivity contribution in [2.45, 2.75) is 38.3 Å². The molecule has 1 fully saturated rings. The van der Waals surface area contributed by atoms with Crippen molar-refractivity contribution in [2.24, 2.45) is 5.73 Å². The fraction of sp³-hybridized carbons (Fsp3) is 0.786. The molecular weight excluding hydrogens is 288 g/mol. The normalized spacial score (nSPS) is 18.4. The summed E-state index contributed by atoms with van der Waals surface area (Å²) in [7, 11) is 3.76. The lowest BCUT2D eigenvalue weighted by Gasteiger charge is -2.28. The predicted octanol–water partition coefficient (Wildman–Crippen LogP) is -0.471. The number of carbonyl (C=O) groups is 3. The molecule has 8 nitrogen and oxygen atoms in total. The molecule has 0 aromatic carbocycles. The second kappa shape index (κ2) is 7.44. The zero-order valence-electron chi connectivity index (χ0n) is 13.7. The zero-order chi connectivity index (χ0) is 16.9. The Bertz CT molecular complexity index is 437. The van der Waals surface area contributed by atoms with Crippen LogP contribution in [0.15, 0.2) is 0 Å². The molecule has 0 bridgehead atoms. The number of amides is 3. The van der Waals surface area contributed by atoms with Gasteiger partial charge in [0, 0.05) is 13.1 Å². The highest BCUT2D eigenvalue weighted by atomic mass is 16.6. The first-order chi connectivity index (χ1) is 10.1. The number of hydrogen-bond donors (Lipinski definition) is 2. The number of ether oxygens (including phenoxy) is 1. The van der Waals surface area contributed by atoms with Crippen molar-refractivity contribution < 1.29 is 19.1 Å². The number of nitrogens with one attached hydrogen (secondary N) is 1. The topological polar surface area (TPSA) is 105 Å². The molecule has 0 saturated carbocycles. The molecular formula is C14H26N4O4. The third-order valence-electron chi connectivity index (χ3n) is 3.35. The van der Waals surface area contributed by atoms with E-state index in [4.69, 9.17) is 10.5 Å². The highest BCUT2D eigenvalue weighted by Gasteiger charge is 2.32. The Morgan fingerprint density at radius 3 is 2.55 bits per heavy atom. The molecule has 0 aromatic heterocycles. The largest absolute Gasteiger partial charge is 0.442 e. The lowest BCUT2D eigenvalue weighted by Crippen LogP contribution is -2.48. The third-order valence-corrected chi connectivity index (χ3v) is 3.35. The number of carbonyl (C=O) groups excluding carboxylic acids is 3. The number of hydrogen-bond acceptors (Lipinski definition) is 5. The van der Waals surface area contributed by atoms with E-state index in [9.17, 15) is 14.4 Å². The Labute approximate surface area is 130 Å². The molecule has 0 unspecified atom stereocenters. The highest BCUT2D eigenvalue weighted by Crippen LogP contribution is 2.16. The van der Waals surface area contributed by atoms with Crippen LogP contribution in [0.4, 0.5) is 4.79 Å². The lowest BCUT2D eigenvalue weighted by molar-refractivity contribution is -0.136. The minimum atomic E-state index is -0.667. The first-order valence-corrected chi connectivity index (χ1v) is 7.33. The Morgan fingerprint density at radius 2 is 2.00 bits per heavy atom. The number of nitrogens with two attached hydrogens (primary N) is 1. The van der Waals surface area contributed by atoms with Crippen molar-refractivity contribution in [1.82, 2.24) is 15.1 Å². The third kappa shape index (κ3) is 5.51. The first-order valence-electron chi connectivity index (χ1n) is 7.33. The summed E-state index contributed by atoms with van der Waals surface area (Å²) in [5, 5.41) is 2.43. The number of likely N-dealkylation sites (tertiary alicyclic amines) is 1. The Morgan fingerprint density at radius 1 is 1.36 bits per heavy atom. The summed E-state index contributed by atoms with van der Waals surface area (Å²) < 4.78 is 5.28. The van der Waals surface area contributed by atoms with Crippen LogP contribution in [0.2, 0.25) is 0 Å². The number of primary amides is 1. The highest BCUT2D eigenvalue weighted by molar-refractivity contribution is 5.89. The first kappa shape index (κ1) is 18.2. The number of nitrogens with zero attached hydrogens (tertiary/aromatic N) is 2. The van der Waals surface area contributed by atoms with E-state index in [0.29, 0.717) is 19.5 Å². The molecule has 0 aliphatic carbocycles. The van der Waals surface area contributed by atoms with E-state index >= 15 is 0 Å². The molecule has 1 heterocycles. The van der Waals surface area contributed by atoms with Crippen LogP contribution in [-0.4, -0.2) is 73.1 Å². The molecule has 1 atom stereocenters. The molecule has 1 aliphatic rings. The average molecular weight is 314 g/mol. The fourth-order valence-corrected chi connectivity index (χ4v) is 2.69. The maximum Gasteiger partial charge on any atom is 0.408 e. The van der Waals surface area contributed by atoms with E-state index < -0.39 is 23.6 Å². The molecule has 8 heteroatoms. The van der Waals surface area contributed by atoms with E-state index in [1.54, 1.807) is 13.8 Å². The molecule has 1 aliphatic heterocycles. The van der Waals surface area contributed by atoms with E-state index in [0.717, 1.165) is 6.42 Å². The van der Waals surface area contributed by atoms with Gasteiger partial charge < -0.3 is 25.6 Å². The van der Waals surface area contributed by atoms with Crippen LogP contribution in [-0.2, 0) is 14.3 Å². The minimum absolute atomic E-state index is 0.208. The van der Waals surface area contributed by atoms with Gasteiger partial charge in [-0.05, 0) is 40.8 Å². The summed E-state index contributed by atoms with van der Waals surface area (Å²) in [6.45, 7) is 4.41. The smallest absolute Gasteiger partial charge is 0.408 e. The summed E-state index contributed by atoms with van der Waals surface area (Å²) in [5.74, 6) is -0.843. The summed E-state index contributed by atoms with van der Waals surface area (Å²) >= 11 is 0. The van der Waals surface area contributed by atoms with Crippen molar-refractivity contribution in [3.05, 3.63) is 0 Å². The van der Waals surface area contributed by atoms with Crippen molar-refractivity contribution >= 4 is 17.9 Å². The van der Waals surface area contributed by atoms with Gasteiger partial charge in [-0.15, -0.1) is 0 Å². The van der Waals surface area contributed by atoms with Gasteiger partial charge in [-0.1, -0.05) is 0 Å². The summed E-state index contributed by atoms with van der Waals surface area (Å²) in [6, 6.07) is -0.574. The van der Waals surface area contributed by atoms with Crippen LogP contribution in [0.5, 0.6) is 0 Å². The van der Waals surface area contributed by atoms with E-state index in [1.807, 2.05) is 19.0 Å². The van der Waals surface area contributed by atoms with Gasteiger partial charge in [-0.2, -0.15) is 0 Å². The maximum atomic E-state index is 12.0. The van der Waals surface area contributed by atoms with E-state index in [2.05, 4.69) is 5.32 Å². The number of rotatable bonds is 6. The zero-order valence-corrected chi connectivity index (χ0v) is 13.7. The maximum absolute atomic E-state index is 12.0. The van der Waals surface area contributed by atoms with Crippen LogP contribution < -0.4 is 11.1 Å². The Kier molecular flexibility index (Phi) is 6.16. The van der Waals surface area contributed by atoms with Crippen LogP contribution >= 0.6 is 0 Å². The second-order valence-corrected chi connectivity index (χ2v) is 6.39. The summed E-state index contributed by atoms with van der Waals surface area (Å²) in [4.78, 5) is 38.4. The number of likely N-dealkylation sites (N-methyl/N-ethyl adjacent to an activating group) is 1. The van der Waals surface area contributed by atoms with Crippen LogP contribution in [0.1, 0.15) is 26.7 Å². The molecule has 0 spiro atoms. The van der Waals surface area contributed by atoms with Crippen molar-refractivity contribution in [2.75, 3.05) is 33.7 Å². The van der Waals surface area contributed by atoms with Crippen molar-refractivity contribution in [3.8, 4) is 0 Å². The number of alkyl carbamates (subject to hydrolysis) is 1.